The van der Waals surface area contributed by atoms with Crippen molar-refractivity contribution < 1.29 is 14.3 Å². The van der Waals surface area contributed by atoms with E-state index in [0.29, 0.717) is 19.0 Å². The molecule has 1 saturated heterocycles. The second-order valence-electron chi connectivity index (χ2n) is 7.25. The average molecular weight is 359 g/mol. The molecule has 1 aliphatic heterocycles. The van der Waals surface area contributed by atoms with Crippen LogP contribution in [0.15, 0.2) is 24.3 Å². The number of amides is 2. The van der Waals surface area contributed by atoms with Crippen LogP contribution >= 0.6 is 0 Å². The van der Waals surface area contributed by atoms with E-state index in [9.17, 15) is 9.59 Å². The minimum Gasteiger partial charge on any atom is -0.497 e. The molecule has 1 N–H and O–H groups in total. The van der Waals surface area contributed by atoms with E-state index in [4.69, 9.17) is 4.74 Å². The topological polar surface area (TPSA) is 61.9 Å². The van der Waals surface area contributed by atoms with Crippen LogP contribution in [0.25, 0.3) is 0 Å². The van der Waals surface area contributed by atoms with Crippen molar-refractivity contribution in [1.82, 2.24) is 9.80 Å². The lowest BCUT2D eigenvalue weighted by atomic mass is 9.95. The fourth-order valence-electron chi connectivity index (χ4n) is 4.18. The van der Waals surface area contributed by atoms with E-state index >= 15 is 0 Å². The van der Waals surface area contributed by atoms with Gasteiger partial charge in [0, 0.05) is 44.9 Å². The SMILES string of the molecule is COc1cccc(NC(=O)[C@H](C2CCCC2)N2CCN(C(C)=O)CC2)c1. The van der Waals surface area contributed by atoms with Crippen molar-refractivity contribution in [2.24, 2.45) is 5.92 Å². The predicted octanol–water partition coefficient (Wildman–Crippen LogP) is 2.36. The number of ether oxygens (including phenoxy) is 1. The van der Waals surface area contributed by atoms with Gasteiger partial charge < -0.3 is 15.0 Å². The van der Waals surface area contributed by atoms with E-state index in [2.05, 4.69) is 10.2 Å². The van der Waals surface area contributed by atoms with E-state index in [-0.39, 0.29) is 17.9 Å². The summed E-state index contributed by atoms with van der Waals surface area (Å²) in [6, 6.07) is 7.35. The smallest absolute Gasteiger partial charge is 0.242 e. The number of hydrogen-bond donors (Lipinski definition) is 1. The van der Waals surface area contributed by atoms with Crippen molar-refractivity contribution in [2.45, 2.75) is 38.6 Å². The number of hydrogen-bond acceptors (Lipinski definition) is 4. The molecule has 2 fully saturated rings. The summed E-state index contributed by atoms with van der Waals surface area (Å²) in [6.07, 6.45) is 4.59. The molecule has 0 unspecified atom stereocenters. The number of piperazine rings is 1. The summed E-state index contributed by atoms with van der Waals surface area (Å²) < 4.78 is 5.25. The molecule has 0 radical (unpaired) electrons. The molecule has 6 heteroatoms. The van der Waals surface area contributed by atoms with Crippen molar-refractivity contribution in [1.29, 1.82) is 0 Å². The standard InChI is InChI=1S/C20H29N3O3/c1-15(24)22-10-12-23(13-11-22)19(16-6-3-4-7-16)20(25)21-17-8-5-9-18(14-17)26-2/h5,8-9,14,16,19H,3-4,6-7,10-13H2,1-2H3,(H,21,25)/t19-/m0/s1. The summed E-state index contributed by atoms with van der Waals surface area (Å²) in [7, 11) is 1.62. The number of nitrogens with zero attached hydrogens (tertiary/aromatic N) is 2. The molecular weight excluding hydrogens is 330 g/mol. The maximum atomic E-state index is 13.1. The van der Waals surface area contributed by atoms with Crippen LogP contribution in [0.3, 0.4) is 0 Å². The number of benzene rings is 1. The molecule has 1 saturated carbocycles. The highest BCUT2D eigenvalue weighted by molar-refractivity contribution is 5.95. The van der Waals surface area contributed by atoms with Crippen LogP contribution in [0.4, 0.5) is 5.69 Å². The van der Waals surface area contributed by atoms with Crippen LogP contribution in [0, 0.1) is 5.92 Å². The lowest BCUT2D eigenvalue weighted by Gasteiger charge is -2.40. The van der Waals surface area contributed by atoms with Gasteiger partial charge in [0.1, 0.15) is 5.75 Å². The highest BCUT2D eigenvalue weighted by Gasteiger charge is 2.37. The van der Waals surface area contributed by atoms with Gasteiger partial charge in [-0.25, -0.2) is 0 Å². The van der Waals surface area contributed by atoms with Crippen molar-refractivity contribution in [3.63, 3.8) is 0 Å². The molecule has 26 heavy (non-hydrogen) atoms. The molecule has 0 spiro atoms. The van der Waals surface area contributed by atoms with Crippen molar-refractivity contribution in [2.75, 3.05) is 38.6 Å². The van der Waals surface area contributed by atoms with Crippen molar-refractivity contribution in [3.8, 4) is 5.75 Å². The summed E-state index contributed by atoms with van der Waals surface area (Å²) in [5.74, 6) is 1.30. The second-order valence-corrected chi connectivity index (χ2v) is 7.25. The third-order valence-corrected chi connectivity index (χ3v) is 5.61. The first kappa shape index (κ1) is 18.7. The molecule has 0 aromatic heterocycles. The zero-order valence-corrected chi connectivity index (χ0v) is 15.7. The van der Waals surface area contributed by atoms with Gasteiger partial charge in [0.15, 0.2) is 0 Å². The number of carbonyl (C=O) groups excluding carboxylic acids is 2. The Morgan fingerprint density at radius 2 is 1.85 bits per heavy atom. The van der Waals surface area contributed by atoms with Gasteiger partial charge in [-0.1, -0.05) is 18.9 Å². The third-order valence-electron chi connectivity index (χ3n) is 5.61. The van der Waals surface area contributed by atoms with Crippen molar-refractivity contribution in [3.05, 3.63) is 24.3 Å². The molecule has 2 amide bonds. The Morgan fingerprint density at radius 1 is 1.15 bits per heavy atom. The molecule has 0 bridgehead atoms. The molecule has 2 aliphatic rings. The summed E-state index contributed by atoms with van der Waals surface area (Å²) >= 11 is 0. The fraction of sp³-hybridized carbons (Fsp3) is 0.600. The summed E-state index contributed by atoms with van der Waals surface area (Å²) in [4.78, 5) is 28.9. The monoisotopic (exact) mass is 359 g/mol. The van der Waals surface area contributed by atoms with Gasteiger partial charge in [0.25, 0.3) is 0 Å². The van der Waals surface area contributed by atoms with Crippen LogP contribution in [-0.4, -0.2) is 60.9 Å². The lowest BCUT2D eigenvalue weighted by Crippen LogP contribution is -2.56. The lowest BCUT2D eigenvalue weighted by molar-refractivity contribution is -0.132. The molecule has 1 aromatic rings. The Morgan fingerprint density at radius 3 is 2.46 bits per heavy atom. The van der Waals surface area contributed by atoms with Gasteiger partial charge in [-0.15, -0.1) is 0 Å². The number of carbonyl (C=O) groups is 2. The largest absolute Gasteiger partial charge is 0.497 e. The highest BCUT2D eigenvalue weighted by atomic mass is 16.5. The summed E-state index contributed by atoms with van der Waals surface area (Å²) in [5, 5.41) is 3.08. The maximum Gasteiger partial charge on any atom is 0.242 e. The maximum absolute atomic E-state index is 13.1. The Hall–Kier alpha value is -2.08. The second kappa shape index (κ2) is 8.54. The number of methoxy groups -OCH3 is 1. The molecule has 1 aliphatic carbocycles. The fourth-order valence-corrected chi connectivity index (χ4v) is 4.18. The van der Waals surface area contributed by atoms with Gasteiger partial charge in [-0.2, -0.15) is 0 Å². The van der Waals surface area contributed by atoms with E-state index < -0.39 is 0 Å². The molecule has 1 heterocycles. The Labute approximate surface area is 155 Å². The quantitative estimate of drug-likeness (QED) is 0.877. The zero-order valence-electron chi connectivity index (χ0n) is 15.7. The summed E-state index contributed by atoms with van der Waals surface area (Å²) in [5.41, 5.74) is 0.764. The molecule has 6 nitrogen and oxygen atoms in total. The Balaban J connectivity index is 1.71. The van der Waals surface area contributed by atoms with Gasteiger partial charge in [-0.05, 0) is 30.9 Å². The molecular formula is C20H29N3O3. The highest BCUT2D eigenvalue weighted by Crippen LogP contribution is 2.32. The Bertz CT molecular complexity index is 635. The van der Waals surface area contributed by atoms with Gasteiger partial charge in [-0.3, -0.25) is 14.5 Å². The van der Waals surface area contributed by atoms with E-state index in [1.54, 1.807) is 14.0 Å². The van der Waals surface area contributed by atoms with Crippen molar-refractivity contribution >= 4 is 17.5 Å². The van der Waals surface area contributed by atoms with E-state index in [1.807, 2.05) is 29.2 Å². The third kappa shape index (κ3) is 4.36. The van der Waals surface area contributed by atoms with Gasteiger partial charge in [0.2, 0.25) is 11.8 Å². The zero-order chi connectivity index (χ0) is 18.5. The minimum atomic E-state index is -0.127. The van der Waals surface area contributed by atoms with Crippen LogP contribution in [0.5, 0.6) is 5.75 Å². The minimum absolute atomic E-state index is 0.0569. The predicted molar refractivity (Wildman–Crippen MR) is 101 cm³/mol. The first-order valence-corrected chi connectivity index (χ1v) is 9.53. The molecule has 142 valence electrons. The molecule has 3 rings (SSSR count). The van der Waals surface area contributed by atoms with Gasteiger partial charge >= 0.3 is 0 Å². The normalized spacial score (nSPS) is 20.0. The van der Waals surface area contributed by atoms with Crippen LogP contribution in [0.1, 0.15) is 32.6 Å². The number of anilines is 1. The molecule has 1 atom stereocenters. The first-order chi connectivity index (χ1) is 12.6. The van der Waals surface area contributed by atoms with Gasteiger partial charge in [0.05, 0.1) is 13.2 Å². The molecule has 1 aromatic carbocycles. The Kier molecular flexibility index (Phi) is 6.14. The first-order valence-electron chi connectivity index (χ1n) is 9.53. The van der Waals surface area contributed by atoms with E-state index in [1.165, 1.54) is 12.8 Å². The summed E-state index contributed by atoms with van der Waals surface area (Å²) in [6.45, 7) is 4.52. The van der Waals surface area contributed by atoms with Crippen LogP contribution in [0.2, 0.25) is 0 Å². The number of nitrogens with one attached hydrogen (secondary N) is 1. The average Bonchev–Trinajstić information content (AvgIpc) is 3.16. The van der Waals surface area contributed by atoms with E-state index in [0.717, 1.165) is 37.4 Å². The van der Waals surface area contributed by atoms with Crippen LogP contribution in [-0.2, 0) is 9.59 Å². The number of rotatable bonds is 5. The van der Waals surface area contributed by atoms with Crippen LogP contribution < -0.4 is 10.1 Å².